The number of carbonyl (C=O) groups excluding carboxylic acids is 1. The van der Waals surface area contributed by atoms with E-state index in [-0.39, 0.29) is 5.91 Å². The van der Waals surface area contributed by atoms with Crippen LogP contribution in [0.2, 0.25) is 0 Å². The maximum Gasteiger partial charge on any atom is 0.249 e. The second kappa shape index (κ2) is 6.86. The molecule has 3 N–H and O–H groups in total. The molecule has 0 spiro atoms. The SMILES string of the molecule is CCC1CN(Cc2ccccc2C(N)=O)C(CC)CN1. The van der Waals surface area contributed by atoms with Crippen molar-refractivity contribution in [2.45, 2.75) is 45.3 Å². The van der Waals surface area contributed by atoms with E-state index in [1.807, 2.05) is 24.3 Å². The molecule has 1 fully saturated rings. The zero-order valence-corrected chi connectivity index (χ0v) is 12.4. The number of nitrogens with two attached hydrogens (primary N) is 1. The molecule has 1 saturated heterocycles. The topological polar surface area (TPSA) is 58.4 Å². The van der Waals surface area contributed by atoms with Crippen LogP contribution in [0.15, 0.2) is 24.3 Å². The highest BCUT2D eigenvalue weighted by atomic mass is 16.1. The minimum atomic E-state index is -0.337. The van der Waals surface area contributed by atoms with E-state index in [4.69, 9.17) is 5.73 Å². The summed E-state index contributed by atoms with van der Waals surface area (Å²) >= 11 is 0. The van der Waals surface area contributed by atoms with Gasteiger partial charge in [0.1, 0.15) is 0 Å². The molecule has 1 aliphatic heterocycles. The third-order valence-electron chi connectivity index (χ3n) is 4.23. The summed E-state index contributed by atoms with van der Waals surface area (Å²) in [6, 6.07) is 8.74. The Labute approximate surface area is 121 Å². The Morgan fingerprint density at radius 1 is 1.35 bits per heavy atom. The molecule has 2 atom stereocenters. The first-order chi connectivity index (χ1) is 9.65. The lowest BCUT2D eigenvalue weighted by atomic mass is 10.0. The van der Waals surface area contributed by atoms with Gasteiger partial charge in [-0.05, 0) is 24.5 Å². The standard InChI is InChI=1S/C16H25N3O/c1-3-13-11-19(14(4-2)9-18-13)10-12-7-5-6-8-15(12)16(17)20/h5-8,13-14,18H,3-4,9-11H2,1-2H3,(H2,17,20). The summed E-state index contributed by atoms with van der Waals surface area (Å²) < 4.78 is 0. The predicted octanol–water partition coefficient (Wildman–Crippen LogP) is 1.75. The molecule has 0 aliphatic carbocycles. The average molecular weight is 275 g/mol. The molecule has 110 valence electrons. The smallest absolute Gasteiger partial charge is 0.249 e. The van der Waals surface area contributed by atoms with E-state index in [9.17, 15) is 4.79 Å². The van der Waals surface area contributed by atoms with Crippen molar-refractivity contribution in [1.82, 2.24) is 10.2 Å². The summed E-state index contributed by atoms with van der Waals surface area (Å²) in [5, 5.41) is 3.59. The van der Waals surface area contributed by atoms with E-state index in [0.717, 1.165) is 38.0 Å². The van der Waals surface area contributed by atoms with Gasteiger partial charge in [-0.3, -0.25) is 9.69 Å². The van der Waals surface area contributed by atoms with Gasteiger partial charge in [-0.15, -0.1) is 0 Å². The van der Waals surface area contributed by atoms with Gasteiger partial charge in [0.25, 0.3) is 0 Å². The monoisotopic (exact) mass is 275 g/mol. The first-order valence-electron chi connectivity index (χ1n) is 7.50. The fraction of sp³-hybridized carbons (Fsp3) is 0.562. The van der Waals surface area contributed by atoms with Crippen LogP contribution in [0.5, 0.6) is 0 Å². The van der Waals surface area contributed by atoms with Crippen LogP contribution in [-0.4, -0.2) is 36.0 Å². The largest absolute Gasteiger partial charge is 0.366 e. The number of primary amides is 1. The van der Waals surface area contributed by atoms with Gasteiger partial charge in [0.15, 0.2) is 0 Å². The van der Waals surface area contributed by atoms with Crippen molar-refractivity contribution in [2.24, 2.45) is 5.73 Å². The Kier molecular flexibility index (Phi) is 5.15. The molecule has 2 rings (SSSR count). The van der Waals surface area contributed by atoms with E-state index in [1.165, 1.54) is 0 Å². The van der Waals surface area contributed by atoms with Crippen LogP contribution in [0.1, 0.15) is 42.6 Å². The summed E-state index contributed by atoms with van der Waals surface area (Å²) in [7, 11) is 0. The molecule has 2 unspecified atom stereocenters. The molecule has 1 heterocycles. The van der Waals surface area contributed by atoms with Gasteiger partial charge < -0.3 is 11.1 Å². The van der Waals surface area contributed by atoms with Crippen LogP contribution in [0, 0.1) is 0 Å². The van der Waals surface area contributed by atoms with Crippen molar-refractivity contribution in [1.29, 1.82) is 0 Å². The number of nitrogens with zero attached hydrogens (tertiary/aromatic N) is 1. The fourth-order valence-corrected chi connectivity index (χ4v) is 2.92. The molecule has 20 heavy (non-hydrogen) atoms. The number of hydrogen-bond donors (Lipinski definition) is 2. The van der Waals surface area contributed by atoms with Gasteiger partial charge in [0.2, 0.25) is 5.91 Å². The van der Waals surface area contributed by atoms with Crippen molar-refractivity contribution in [3.8, 4) is 0 Å². The summed E-state index contributed by atoms with van der Waals surface area (Å²) in [6.45, 7) is 7.27. The second-order valence-corrected chi connectivity index (χ2v) is 5.53. The molecule has 0 saturated carbocycles. The van der Waals surface area contributed by atoms with Crippen molar-refractivity contribution in [3.05, 3.63) is 35.4 Å². The average Bonchev–Trinajstić information content (AvgIpc) is 2.47. The van der Waals surface area contributed by atoms with Gasteiger partial charge in [0, 0.05) is 37.3 Å². The van der Waals surface area contributed by atoms with Crippen molar-refractivity contribution in [3.63, 3.8) is 0 Å². The van der Waals surface area contributed by atoms with Gasteiger partial charge in [-0.2, -0.15) is 0 Å². The van der Waals surface area contributed by atoms with Gasteiger partial charge in [-0.25, -0.2) is 0 Å². The number of nitrogens with one attached hydrogen (secondary N) is 1. The first-order valence-corrected chi connectivity index (χ1v) is 7.50. The Hall–Kier alpha value is -1.39. The maximum absolute atomic E-state index is 11.5. The van der Waals surface area contributed by atoms with Gasteiger partial charge >= 0.3 is 0 Å². The van der Waals surface area contributed by atoms with Gasteiger partial charge in [-0.1, -0.05) is 32.0 Å². The Balaban J connectivity index is 2.16. The Morgan fingerprint density at radius 3 is 2.75 bits per heavy atom. The van der Waals surface area contributed by atoms with E-state index >= 15 is 0 Å². The van der Waals surface area contributed by atoms with Crippen LogP contribution in [0.3, 0.4) is 0 Å². The molecule has 4 heteroatoms. The number of hydrogen-bond acceptors (Lipinski definition) is 3. The predicted molar refractivity (Wildman–Crippen MR) is 81.5 cm³/mol. The number of carbonyl (C=O) groups is 1. The quantitative estimate of drug-likeness (QED) is 0.860. The summed E-state index contributed by atoms with van der Waals surface area (Å²) in [5.41, 5.74) is 7.15. The minimum Gasteiger partial charge on any atom is -0.366 e. The van der Waals surface area contributed by atoms with Crippen LogP contribution >= 0.6 is 0 Å². The van der Waals surface area contributed by atoms with E-state index < -0.39 is 0 Å². The highest BCUT2D eigenvalue weighted by Gasteiger charge is 2.26. The zero-order chi connectivity index (χ0) is 14.5. The maximum atomic E-state index is 11.5. The number of rotatable bonds is 5. The normalized spacial score (nSPS) is 23.7. The van der Waals surface area contributed by atoms with Crippen LogP contribution < -0.4 is 11.1 Å². The van der Waals surface area contributed by atoms with Crippen molar-refractivity contribution >= 4 is 5.91 Å². The molecule has 1 aliphatic rings. The summed E-state index contributed by atoms with van der Waals surface area (Å²) in [4.78, 5) is 14.0. The van der Waals surface area contributed by atoms with E-state index in [0.29, 0.717) is 17.6 Å². The molecule has 1 aromatic carbocycles. The molecule has 0 aromatic heterocycles. The number of piperazine rings is 1. The Bertz CT molecular complexity index is 461. The number of benzene rings is 1. The summed E-state index contributed by atoms with van der Waals surface area (Å²) in [5.74, 6) is -0.337. The molecular formula is C16H25N3O. The molecule has 1 amide bonds. The Morgan fingerprint density at radius 2 is 2.10 bits per heavy atom. The van der Waals surface area contributed by atoms with E-state index in [1.54, 1.807) is 0 Å². The fourth-order valence-electron chi connectivity index (χ4n) is 2.92. The highest BCUT2D eigenvalue weighted by molar-refractivity contribution is 5.94. The lowest BCUT2D eigenvalue weighted by Crippen LogP contribution is -2.55. The van der Waals surface area contributed by atoms with Crippen molar-refractivity contribution in [2.75, 3.05) is 13.1 Å². The lowest BCUT2D eigenvalue weighted by Gasteiger charge is -2.40. The molecular weight excluding hydrogens is 250 g/mol. The minimum absolute atomic E-state index is 0.337. The van der Waals surface area contributed by atoms with Crippen LogP contribution in [0.25, 0.3) is 0 Å². The van der Waals surface area contributed by atoms with Gasteiger partial charge in [0.05, 0.1) is 0 Å². The zero-order valence-electron chi connectivity index (χ0n) is 12.4. The molecule has 1 aromatic rings. The van der Waals surface area contributed by atoms with Crippen LogP contribution in [0.4, 0.5) is 0 Å². The molecule has 0 radical (unpaired) electrons. The van der Waals surface area contributed by atoms with E-state index in [2.05, 4.69) is 24.1 Å². The third-order valence-corrected chi connectivity index (χ3v) is 4.23. The second-order valence-electron chi connectivity index (χ2n) is 5.53. The highest BCUT2D eigenvalue weighted by Crippen LogP contribution is 2.18. The summed E-state index contributed by atoms with van der Waals surface area (Å²) in [6.07, 6.45) is 2.24. The lowest BCUT2D eigenvalue weighted by molar-refractivity contribution is 0.0990. The number of amides is 1. The third kappa shape index (κ3) is 3.38. The molecule has 0 bridgehead atoms. The molecule has 4 nitrogen and oxygen atoms in total. The van der Waals surface area contributed by atoms with Crippen molar-refractivity contribution < 1.29 is 4.79 Å². The first kappa shape index (κ1) is 15.0. The van der Waals surface area contributed by atoms with Crippen LogP contribution in [-0.2, 0) is 6.54 Å².